The first kappa shape index (κ1) is 29.3. The van der Waals surface area contributed by atoms with Gasteiger partial charge in [0.05, 0.1) is 42.7 Å². The van der Waals surface area contributed by atoms with Crippen LogP contribution in [0.2, 0.25) is 0 Å². The minimum absolute atomic E-state index is 0.133. The van der Waals surface area contributed by atoms with Crippen molar-refractivity contribution in [1.29, 1.82) is 0 Å². The first-order valence-corrected chi connectivity index (χ1v) is 14.1. The molecule has 220 valence electrons. The summed E-state index contributed by atoms with van der Waals surface area (Å²) in [6.07, 6.45) is 1.68. The van der Waals surface area contributed by atoms with E-state index in [4.69, 9.17) is 29.0 Å². The van der Waals surface area contributed by atoms with Crippen LogP contribution in [0.5, 0.6) is 17.2 Å². The van der Waals surface area contributed by atoms with Crippen LogP contribution in [-0.2, 0) is 14.3 Å². The number of carbonyl (C=O) groups excluding carboxylic acids is 1. The Morgan fingerprint density at radius 3 is 2.47 bits per heavy atom. The molecule has 0 unspecified atom stereocenters. The van der Waals surface area contributed by atoms with Gasteiger partial charge in [-0.2, -0.15) is 0 Å². The Balaban J connectivity index is 1.77. The first-order valence-electron chi connectivity index (χ1n) is 13.3. The van der Waals surface area contributed by atoms with E-state index < -0.39 is 24.6 Å². The zero-order chi connectivity index (χ0) is 30.5. The number of benzene rings is 3. The summed E-state index contributed by atoms with van der Waals surface area (Å²) in [6.45, 7) is 1.36. The second-order valence-electron chi connectivity index (χ2n) is 9.30. The van der Waals surface area contributed by atoms with Crippen molar-refractivity contribution in [2.75, 3.05) is 27.4 Å². The zero-order valence-corrected chi connectivity index (χ0v) is 24.4. The fraction of sp³-hybridized carbons (Fsp3) is 0.188. The zero-order valence-electron chi connectivity index (χ0n) is 23.6. The van der Waals surface area contributed by atoms with Gasteiger partial charge in [-0.3, -0.25) is 9.36 Å². The second-order valence-corrected chi connectivity index (χ2v) is 10.3. The van der Waals surface area contributed by atoms with Crippen molar-refractivity contribution in [3.8, 4) is 17.2 Å². The number of thiazole rings is 1. The van der Waals surface area contributed by atoms with Crippen molar-refractivity contribution < 1.29 is 33.6 Å². The average molecular weight is 601 g/mol. The molecule has 11 heteroatoms. The number of ether oxygens (including phenoxy) is 4. The van der Waals surface area contributed by atoms with Gasteiger partial charge in [0.1, 0.15) is 5.75 Å². The highest BCUT2D eigenvalue weighted by molar-refractivity contribution is 7.07. The Labute approximate surface area is 250 Å². The second kappa shape index (κ2) is 12.8. The number of rotatable bonds is 10. The highest BCUT2D eigenvalue weighted by atomic mass is 32.1. The molecule has 5 rings (SSSR count). The van der Waals surface area contributed by atoms with E-state index in [1.807, 2.05) is 30.3 Å². The highest BCUT2D eigenvalue weighted by Gasteiger charge is 2.35. The molecular formula is C32H28N2O8S. The van der Waals surface area contributed by atoms with E-state index in [0.717, 1.165) is 0 Å². The van der Waals surface area contributed by atoms with Crippen molar-refractivity contribution in [1.82, 2.24) is 4.57 Å². The number of carbonyl (C=O) groups is 2. The Morgan fingerprint density at radius 2 is 1.77 bits per heavy atom. The van der Waals surface area contributed by atoms with Gasteiger partial charge < -0.3 is 24.1 Å². The van der Waals surface area contributed by atoms with Crippen LogP contribution < -0.4 is 29.1 Å². The van der Waals surface area contributed by atoms with Crippen molar-refractivity contribution >= 4 is 35.0 Å². The number of carboxylic acids is 1. The van der Waals surface area contributed by atoms with Gasteiger partial charge in [0.2, 0.25) is 0 Å². The third-order valence-corrected chi connectivity index (χ3v) is 7.60. The number of methoxy groups -OCH3 is 2. The number of esters is 1. The molecule has 0 spiro atoms. The van der Waals surface area contributed by atoms with Crippen LogP contribution in [0.4, 0.5) is 0 Å². The molecule has 43 heavy (non-hydrogen) atoms. The number of hydrogen-bond acceptors (Lipinski definition) is 9. The number of aromatic nitrogens is 1. The highest BCUT2D eigenvalue weighted by Crippen LogP contribution is 2.38. The average Bonchev–Trinajstić information content (AvgIpc) is 3.33. The Hall–Kier alpha value is -5.16. The molecule has 1 aliphatic heterocycles. The number of nitrogens with zero attached hydrogens (tertiary/aromatic N) is 2. The molecule has 0 fully saturated rings. The summed E-state index contributed by atoms with van der Waals surface area (Å²) in [5, 5.41) is 8.95. The van der Waals surface area contributed by atoms with Gasteiger partial charge in [0, 0.05) is 5.56 Å². The molecule has 2 heterocycles. The molecular weight excluding hydrogens is 572 g/mol. The maximum atomic E-state index is 14.1. The van der Waals surface area contributed by atoms with Crippen LogP contribution in [0.15, 0.2) is 88.2 Å². The third-order valence-electron chi connectivity index (χ3n) is 6.62. The van der Waals surface area contributed by atoms with Gasteiger partial charge in [-0.15, -0.1) is 0 Å². The predicted octanol–water partition coefficient (Wildman–Crippen LogP) is 3.42. The molecule has 0 aliphatic carbocycles. The molecule has 1 aliphatic rings. The van der Waals surface area contributed by atoms with Crippen LogP contribution in [0.1, 0.15) is 29.7 Å². The molecule has 0 bridgehead atoms. The maximum Gasteiger partial charge on any atom is 0.341 e. The number of carboxylic acid groups (broad SMARTS) is 1. The van der Waals surface area contributed by atoms with Crippen LogP contribution in [0.3, 0.4) is 0 Å². The molecule has 1 atom stereocenters. The Bertz CT molecular complexity index is 1890. The minimum Gasteiger partial charge on any atom is -0.493 e. The number of aliphatic carboxylic acids is 1. The summed E-state index contributed by atoms with van der Waals surface area (Å²) in [4.78, 5) is 43.9. The predicted molar refractivity (Wildman–Crippen MR) is 160 cm³/mol. The lowest BCUT2D eigenvalue weighted by Gasteiger charge is -2.26. The maximum absolute atomic E-state index is 14.1. The molecule has 0 saturated carbocycles. The lowest BCUT2D eigenvalue weighted by Crippen LogP contribution is -2.40. The third kappa shape index (κ3) is 6.07. The van der Waals surface area contributed by atoms with E-state index in [-0.39, 0.29) is 17.7 Å². The van der Waals surface area contributed by atoms with Gasteiger partial charge in [-0.05, 0) is 48.4 Å². The summed E-state index contributed by atoms with van der Waals surface area (Å²) < 4.78 is 23.6. The molecule has 1 aromatic heterocycles. The van der Waals surface area contributed by atoms with Gasteiger partial charge in [-0.25, -0.2) is 14.6 Å². The smallest absolute Gasteiger partial charge is 0.341 e. The molecule has 0 radical (unpaired) electrons. The summed E-state index contributed by atoms with van der Waals surface area (Å²) in [6, 6.07) is 20.4. The molecule has 10 nitrogen and oxygen atoms in total. The molecule has 0 saturated heterocycles. The van der Waals surface area contributed by atoms with Crippen LogP contribution in [0, 0.1) is 0 Å². The molecule has 3 aromatic carbocycles. The Morgan fingerprint density at radius 1 is 1.00 bits per heavy atom. The van der Waals surface area contributed by atoms with Crippen LogP contribution in [-0.4, -0.2) is 49.0 Å². The van der Waals surface area contributed by atoms with E-state index in [2.05, 4.69) is 0 Å². The minimum atomic E-state index is -1.10. The van der Waals surface area contributed by atoms with Crippen molar-refractivity contribution in [3.63, 3.8) is 0 Å². The lowest BCUT2D eigenvalue weighted by atomic mass is 9.93. The number of hydrogen-bond donors (Lipinski definition) is 1. The van der Waals surface area contributed by atoms with Gasteiger partial charge in [0.25, 0.3) is 5.56 Å². The van der Waals surface area contributed by atoms with Gasteiger partial charge in [0.15, 0.2) is 22.9 Å². The summed E-state index contributed by atoms with van der Waals surface area (Å²) in [5.74, 6) is -0.415. The fourth-order valence-electron chi connectivity index (χ4n) is 4.77. The van der Waals surface area contributed by atoms with E-state index in [1.165, 1.54) is 30.1 Å². The van der Waals surface area contributed by atoms with E-state index in [0.29, 0.717) is 49.0 Å². The van der Waals surface area contributed by atoms with E-state index in [1.54, 1.807) is 55.5 Å². The van der Waals surface area contributed by atoms with Crippen LogP contribution in [0.25, 0.3) is 11.8 Å². The quantitative estimate of drug-likeness (QED) is 0.275. The monoisotopic (exact) mass is 600 g/mol. The molecule has 0 amide bonds. The van der Waals surface area contributed by atoms with Gasteiger partial charge >= 0.3 is 11.9 Å². The normalized spacial score (nSPS) is 14.5. The fourth-order valence-corrected chi connectivity index (χ4v) is 5.77. The van der Waals surface area contributed by atoms with Crippen LogP contribution >= 0.6 is 11.3 Å². The summed E-state index contributed by atoms with van der Waals surface area (Å²) in [7, 11) is 3.04. The lowest BCUT2D eigenvalue weighted by molar-refractivity contribution is -0.140. The molecule has 4 aromatic rings. The molecule has 1 N–H and O–H groups in total. The summed E-state index contributed by atoms with van der Waals surface area (Å²) >= 11 is 1.17. The van der Waals surface area contributed by atoms with Gasteiger partial charge in [-0.1, -0.05) is 59.9 Å². The van der Waals surface area contributed by atoms with Crippen molar-refractivity contribution in [3.05, 3.63) is 115 Å². The standard InChI is InChI=1S/C32H28N2O8S/c1-4-41-31(38)27-28(20-10-6-5-7-11-20)33-32-34(29(27)21-13-14-23(39-2)24(17-21)40-3)30(37)25(43-32)16-19-9-8-12-22(15-19)42-18-26(35)36/h5-17,29H,4,18H2,1-3H3,(H,35,36)/b25-16-/t29-/m0/s1. The Kier molecular flexibility index (Phi) is 8.72. The van der Waals surface area contributed by atoms with Crippen molar-refractivity contribution in [2.45, 2.75) is 13.0 Å². The van der Waals surface area contributed by atoms with E-state index in [9.17, 15) is 14.4 Å². The summed E-state index contributed by atoms with van der Waals surface area (Å²) in [5.41, 5.74) is 2.16. The number of fused-ring (bicyclic) bond motifs is 1. The largest absolute Gasteiger partial charge is 0.493 e. The van der Waals surface area contributed by atoms with E-state index >= 15 is 0 Å². The van der Waals surface area contributed by atoms with Crippen molar-refractivity contribution in [2.24, 2.45) is 4.99 Å². The topological polar surface area (TPSA) is 126 Å². The SMILES string of the molecule is CCOC(=O)C1=C(c2ccccc2)N=c2s/c(=C\c3cccc(OCC(=O)O)c3)c(=O)n2[C@H]1c1ccc(OC)c(OC)c1. The first-order chi connectivity index (χ1) is 20.8.